The zero-order chi connectivity index (χ0) is 46.0. The van der Waals surface area contributed by atoms with Gasteiger partial charge in [0.05, 0.1) is 40.0 Å². The second-order valence-electron chi connectivity index (χ2n) is 17.4. The van der Waals surface area contributed by atoms with Crippen LogP contribution in [0.25, 0.3) is 0 Å². The number of aliphatic hydroxyl groups excluding tert-OH is 2. The molecule has 0 radical (unpaired) electrons. The minimum Gasteiger partial charge on any atom is -0.756 e. The predicted molar refractivity (Wildman–Crippen MR) is 252 cm³/mol. The van der Waals surface area contributed by atoms with Gasteiger partial charge in [0, 0.05) is 12.8 Å². The van der Waals surface area contributed by atoms with Gasteiger partial charge in [0.25, 0.3) is 7.82 Å². The lowest BCUT2D eigenvalue weighted by Crippen LogP contribution is -2.37. The van der Waals surface area contributed by atoms with E-state index in [1.165, 1.54) is 83.5 Å². The number of hydrogen-bond acceptors (Lipinski definition) is 10. The molecule has 0 aliphatic heterocycles. The SMILES string of the molecule is CC/C=C\C/C=C\C/C=C\C/C=C\C[C@@H](O)[C@H](O)CCCC(=O)O[C@H](COC(=O)CCCCCCCCCCC/C=C\CCCCCCCC)COP(=O)([O-])OCC[N+](C)(C)C. The van der Waals surface area contributed by atoms with Crippen molar-refractivity contribution in [2.75, 3.05) is 47.5 Å². The second kappa shape index (κ2) is 41.3. The molecule has 2 N–H and O–H groups in total. The molecule has 0 heterocycles. The number of allylic oxidation sites excluding steroid dienone is 9. The molecule has 12 heteroatoms. The third-order valence-electron chi connectivity index (χ3n) is 10.2. The topological polar surface area (TPSA) is 152 Å². The van der Waals surface area contributed by atoms with Gasteiger partial charge in [-0.3, -0.25) is 14.2 Å². The number of likely N-dealkylation sites (N-methyl/N-ethyl adjacent to an activating group) is 1. The van der Waals surface area contributed by atoms with Gasteiger partial charge in [-0.05, 0) is 77.0 Å². The van der Waals surface area contributed by atoms with E-state index >= 15 is 0 Å². The molecule has 360 valence electrons. The Labute approximate surface area is 378 Å². The molecule has 0 fully saturated rings. The highest BCUT2D eigenvalue weighted by Gasteiger charge is 2.22. The molecule has 0 aliphatic carbocycles. The average molecular weight is 896 g/mol. The third-order valence-corrected chi connectivity index (χ3v) is 11.2. The fourth-order valence-electron chi connectivity index (χ4n) is 6.32. The molecule has 0 aromatic heterocycles. The Morgan fingerprint density at radius 3 is 1.65 bits per heavy atom. The lowest BCUT2D eigenvalue weighted by atomic mass is 10.0. The molecule has 0 aromatic carbocycles. The van der Waals surface area contributed by atoms with Gasteiger partial charge >= 0.3 is 11.9 Å². The van der Waals surface area contributed by atoms with Crippen molar-refractivity contribution < 1.29 is 52.3 Å². The van der Waals surface area contributed by atoms with Crippen LogP contribution in [0.4, 0.5) is 0 Å². The van der Waals surface area contributed by atoms with Gasteiger partial charge < -0.3 is 38.1 Å². The van der Waals surface area contributed by atoms with Crippen molar-refractivity contribution in [3.63, 3.8) is 0 Å². The van der Waals surface area contributed by atoms with E-state index in [9.17, 15) is 29.3 Å². The number of quaternary nitrogens is 1. The fraction of sp³-hybridized carbons (Fsp3) is 0.760. The highest BCUT2D eigenvalue weighted by molar-refractivity contribution is 7.45. The van der Waals surface area contributed by atoms with E-state index in [0.29, 0.717) is 17.4 Å². The van der Waals surface area contributed by atoms with E-state index in [1.807, 2.05) is 39.4 Å². The minimum atomic E-state index is -4.71. The van der Waals surface area contributed by atoms with Crippen LogP contribution in [0.15, 0.2) is 60.8 Å². The van der Waals surface area contributed by atoms with Crippen molar-refractivity contribution in [2.24, 2.45) is 0 Å². The molecule has 0 saturated heterocycles. The van der Waals surface area contributed by atoms with Crippen molar-refractivity contribution in [3.8, 4) is 0 Å². The summed E-state index contributed by atoms with van der Waals surface area (Å²) in [6.45, 7) is 3.77. The van der Waals surface area contributed by atoms with Crippen molar-refractivity contribution in [1.29, 1.82) is 0 Å². The summed E-state index contributed by atoms with van der Waals surface area (Å²) in [6.07, 6.45) is 42.8. The van der Waals surface area contributed by atoms with Gasteiger partial charge in [0.1, 0.15) is 19.8 Å². The molecular formula is C50H90NO10P. The monoisotopic (exact) mass is 896 g/mol. The first-order valence-electron chi connectivity index (χ1n) is 24.2. The van der Waals surface area contributed by atoms with E-state index in [0.717, 1.165) is 44.9 Å². The van der Waals surface area contributed by atoms with E-state index in [1.54, 1.807) is 0 Å². The Hall–Kier alpha value is -2.37. The Morgan fingerprint density at radius 1 is 0.597 bits per heavy atom. The molecule has 0 amide bonds. The fourth-order valence-corrected chi connectivity index (χ4v) is 7.05. The first-order chi connectivity index (χ1) is 29.8. The third kappa shape index (κ3) is 42.9. The molecule has 0 spiro atoms. The first kappa shape index (κ1) is 59.6. The molecule has 11 nitrogen and oxygen atoms in total. The number of carbonyl (C=O) groups is 2. The summed E-state index contributed by atoms with van der Waals surface area (Å²) < 4.78 is 33.7. The standard InChI is InChI=1S/C50H90NO10P/c1-6-8-10-12-14-16-18-20-21-22-23-24-25-26-28-30-32-34-36-40-49(54)58-44-46(45-60-62(56,57)59-43-42-51(3,4)5)61-50(55)41-37-39-48(53)47(52)38-35-33-31-29-27-19-17-15-13-11-9-7-2/h9,11,15,17,20-21,27,29,33,35,46-48,52-53H,6-8,10,12-14,16,18-19,22-26,28,30-32,34,36-45H2,1-5H3/b11-9-,17-15-,21-20-,29-27-,35-33-/t46-,47-,48-/m1/s1. The van der Waals surface area contributed by atoms with Gasteiger partial charge in [-0.2, -0.15) is 0 Å². The summed E-state index contributed by atoms with van der Waals surface area (Å²) in [6, 6.07) is 0. The summed E-state index contributed by atoms with van der Waals surface area (Å²) >= 11 is 0. The summed E-state index contributed by atoms with van der Waals surface area (Å²) in [7, 11) is 0.981. The first-order valence-corrected chi connectivity index (χ1v) is 25.6. The molecular weight excluding hydrogens is 806 g/mol. The maximum absolute atomic E-state index is 12.7. The largest absolute Gasteiger partial charge is 0.756 e. The van der Waals surface area contributed by atoms with Crippen LogP contribution in [0.2, 0.25) is 0 Å². The number of phosphoric ester groups is 1. The molecule has 0 saturated carbocycles. The van der Waals surface area contributed by atoms with Crippen LogP contribution < -0.4 is 4.89 Å². The van der Waals surface area contributed by atoms with Crippen LogP contribution in [0.3, 0.4) is 0 Å². The Bertz CT molecular complexity index is 1270. The number of aliphatic hydroxyl groups is 2. The minimum absolute atomic E-state index is 0.0859. The quantitative estimate of drug-likeness (QED) is 0.0199. The summed E-state index contributed by atoms with van der Waals surface area (Å²) in [5, 5.41) is 20.8. The van der Waals surface area contributed by atoms with Crippen LogP contribution in [0.5, 0.6) is 0 Å². The number of phosphoric acid groups is 1. The summed E-state index contributed by atoms with van der Waals surface area (Å²) in [5.74, 6) is -1.13. The van der Waals surface area contributed by atoms with Crippen LogP contribution in [0, 0.1) is 0 Å². The molecule has 0 aliphatic rings. The lowest BCUT2D eigenvalue weighted by Gasteiger charge is -2.28. The number of hydrogen-bond donors (Lipinski definition) is 2. The van der Waals surface area contributed by atoms with Crippen LogP contribution in [0.1, 0.15) is 181 Å². The number of ether oxygens (including phenoxy) is 2. The van der Waals surface area contributed by atoms with Gasteiger partial charge in [0.2, 0.25) is 0 Å². The maximum atomic E-state index is 12.7. The van der Waals surface area contributed by atoms with Crippen molar-refractivity contribution in [3.05, 3.63) is 60.8 Å². The van der Waals surface area contributed by atoms with Gasteiger partial charge in [-0.15, -0.1) is 0 Å². The van der Waals surface area contributed by atoms with E-state index in [4.69, 9.17) is 18.5 Å². The molecule has 0 rings (SSSR count). The Balaban J connectivity index is 4.52. The zero-order valence-electron chi connectivity index (χ0n) is 39.8. The summed E-state index contributed by atoms with van der Waals surface area (Å²) in [5.41, 5.74) is 0. The maximum Gasteiger partial charge on any atom is 0.306 e. The zero-order valence-corrected chi connectivity index (χ0v) is 40.7. The van der Waals surface area contributed by atoms with Gasteiger partial charge in [-0.25, -0.2) is 0 Å². The Morgan fingerprint density at radius 2 is 1.10 bits per heavy atom. The van der Waals surface area contributed by atoms with Crippen molar-refractivity contribution in [2.45, 2.75) is 199 Å². The van der Waals surface area contributed by atoms with Crippen LogP contribution >= 0.6 is 7.82 Å². The molecule has 0 bridgehead atoms. The normalized spacial score (nSPS) is 15.0. The predicted octanol–water partition coefficient (Wildman–Crippen LogP) is 11.3. The number of esters is 2. The number of nitrogens with zero attached hydrogens (tertiary/aromatic N) is 1. The molecule has 4 atom stereocenters. The highest BCUT2D eigenvalue weighted by atomic mass is 31.2. The van der Waals surface area contributed by atoms with Gasteiger partial charge in [0.15, 0.2) is 6.10 Å². The average Bonchev–Trinajstić information content (AvgIpc) is 3.22. The van der Waals surface area contributed by atoms with Crippen molar-refractivity contribution >= 4 is 19.8 Å². The Kier molecular flexibility index (Phi) is 39.8. The molecule has 0 aromatic rings. The highest BCUT2D eigenvalue weighted by Crippen LogP contribution is 2.38. The van der Waals surface area contributed by atoms with E-state index in [2.05, 4.69) is 56.4 Å². The second-order valence-corrected chi connectivity index (χ2v) is 18.8. The van der Waals surface area contributed by atoms with Crippen molar-refractivity contribution in [1.82, 2.24) is 0 Å². The summed E-state index contributed by atoms with van der Waals surface area (Å²) in [4.78, 5) is 37.7. The molecule has 62 heavy (non-hydrogen) atoms. The van der Waals surface area contributed by atoms with Gasteiger partial charge in [-0.1, -0.05) is 152 Å². The number of unbranched alkanes of at least 4 members (excludes halogenated alkanes) is 15. The van der Waals surface area contributed by atoms with E-state index < -0.39 is 44.7 Å². The number of carbonyl (C=O) groups excluding carboxylic acids is 2. The smallest absolute Gasteiger partial charge is 0.306 e. The molecule has 1 unspecified atom stereocenters. The number of rotatable bonds is 43. The van der Waals surface area contributed by atoms with E-state index in [-0.39, 0.29) is 45.3 Å². The lowest BCUT2D eigenvalue weighted by molar-refractivity contribution is -0.870. The van der Waals surface area contributed by atoms with Crippen LogP contribution in [-0.2, 0) is 32.7 Å². The van der Waals surface area contributed by atoms with Crippen LogP contribution in [-0.4, -0.2) is 92.5 Å².